The van der Waals surface area contributed by atoms with Gasteiger partial charge in [-0.05, 0) is 12.8 Å². The van der Waals surface area contributed by atoms with Gasteiger partial charge in [0.05, 0.1) is 13.2 Å². The lowest BCUT2D eigenvalue weighted by Gasteiger charge is -2.11. The third-order valence-corrected chi connectivity index (χ3v) is 2.49. The molecule has 0 aliphatic heterocycles. The number of rotatable bonds is 11. The third-order valence-electron chi connectivity index (χ3n) is 2.49. The summed E-state index contributed by atoms with van der Waals surface area (Å²) in [6, 6.07) is 0.310. The molecule has 0 saturated carbocycles. The molecule has 0 radical (unpaired) electrons. The molecule has 0 aromatic carbocycles. The second-order valence-electron chi connectivity index (χ2n) is 4.00. The van der Waals surface area contributed by atoms with Crippen LogP contribution in [0.1, 0.15) is 45.4 Å². The average molecular weight is 217 g/mol. The van der Waals surface area contributed by atoms with Crippen LogP contribution in [0.3, 0.4) is 0 Å². The first-order valence-electron chi connectivity index (χ1n) is 6.13. The zero-order chi connectivity index (χ0) is 11.4. The quantitative estimate of drug-likeness (QED) is 0.540. The molecule has 3 heteroatoms. The highest BCUT2D eigenvalue weighted by Gasteiger charge is 2.01. The number of methoxy groups -OCH3 is 1. The molecular weight excluding hydrogens is 190 g/mol. The van der Waals surface area contributed by atoms with Gasteiger partial charge >= 0.3 is 0 Å². The van der Waals surface area contributed by atoms with E-state index in [1.807, 2.05) is 0 Å². The first kappa shape index (κ1) is 14.9. The summed E-state index contributed by atoms with van der Waals surface area (Å²) in [5, 5.41) is 0. The predicted octanol–water partition coefficient (Wildman–Crippen LogP) is 2.34. The highest BCUT2D eigenvalue weighted by Crippen LogP contribution is 2.06. The molecular formula is C12H27NO2. The van der Waals surface area contributed by atoms with E-state index < -0.39 is 0 Å². The molecule has 1 atom stereocenters. The van der Waals surface area contributed by atoms with Crippen molar-refractivity contribution in [1.82, 2.24) is 0 Å². The molecule has 0 saturated heterocycles. The number of unbranched alkanes of at least 4 members (excludes halogenated alkanes) is 3. The van der Waals surface area contributed by atoms with E-state index in [2.05, 4.69) is 6.92 Å². The van der Waals surface area contributed by atoms with Crippen molar-refractivity contribution < 1.29 is 9.47 Å². The lowest BCUT2D eigenvalue weighted by Crippen LogP contribution is -2.22. The largest absolute Gasteiger partial charge is 0.382 e. The van der Waals surface area contributed by atoms with Crippen molar-refractivity contribution in [1.29, 1.82) is 0 Å². The minimum atomic E-state index is 0.310. The Balaban J connectivity index is 3.08. The van der Waals surface area contributed by atoms with E-state index in [-0.39, 0.29) is 0 Å². The van der Waals surface area contributed by atoms with Gasteiger partial charge in [0.15, 0.2) is 0 Å². The fourth-order valence-electron chi connectivity index (χ4n) is 1.46. The molecule has 1 unspecified atom stereocenters. The van der Waals surface area contributed by atoms with Gasteiger partial charge in [0, 0.05) is 19.8 Å². The molecule has 0 heterocycles. The van der Waals surface area contributed by atoms with Crippen LogP contribution in [-0.2, 0) is 9.47 Å². The van der Waals surface area contributed by atoms with Crippen molar-refractivity contribution in [2.45, 2.75) is 51.5 Å². The molecule has 0 aliphatic carbocycles. The molecule has 0 bridgehead atoms. The molecule has 0 rings (SSSR count). The summed E-state index contributed by atoms with van der Waals surface area (Å²) in [6.45, 7) is 4.34. The highest BCUT2D eigenvalue weighted by molar-refractivity contribution is 4.60. The van der Waals surface area contributed by atoms with E-state index >= 15 is 0 Å². The maximum Gasteiger partial charge on any atom is 0.0700 e. The standard InChI is InChI=1S/C12H27NO2/c1-3-4-5-6-7-12(13)8-9-15-11-10-14-2/h12H,3-11,13H2,1-2H3. The van der Waals surface area contributed by atoms with Crippen LogP contribution < -0.4 is 5.73 Å². The van der Waals surface area contributed by atoms with Crippen LogP contribution in [-0.4, -0.2) is 33.0 Å². The lowest BCUT2D eigenvalue weighted by molar-refractivity contribution is 0.0668. The Hall–Kier alpha value is -0.120. The minimum absolute atomic E-state index is 0.310. The van der Waals surface area contributed by atoms with Crippen LogP contribution in [0.5, 0.6) is 0 Å². The normalized spacial score (nSPS) is 13.0. The van der Waals surface area contributed by atoms with Crippen molar-refractivity contribution in [2.24, 2.45) is 5.73 Å². The maximum atomic E-state index is 5.96. The van der Waals surface area contributed by atoms with Gasteiger partial charge < -0.3 is 15.2 Å². The van der Waals surface area contributed by atoms with Crippen LogP contribution >= 0.6 is 0 Å². The molecule has 0 spiro atoms. The monoisotopic (exact) mass is 217 g/mol. The van der Waals surface area contributed by atoms with Gasteiger partial charge in [-0.2, -0.15) is 0 Å². The Kier molecular flexibility index (Phi) is 11.9. The van der Waals surface area contributed by atoms with E-state index in [0.29, 0.717) is 19.3 Å². The first-order chi connectivity index (χ1) is 7.31. The Morgan fingerprint density at radius 2 is 1.80 bits per heavy atom. The third kappa shape index (κ3) is 11.8. The molecule has 0 aromatic heterocycles. The van der Waals surface area contributed by atoms with Crippen LogP contribution in [0, 0.1) is 0 Å². The van der Waals surface area contributed by atoms with Gasteiger partial charge in [-0.3, -0.25) is 0 Å². The van der Waals surface area contributed by atoms with E-state index in [1.165, 1.54) is 25.7 Å². The van der Waals surface area contributed by atoms with Gasteiger partial charge in [0.2, 0.25) is 0 Å². The molecule has 0 aliphatic rings. The number of ether oxygens (including phenoxy) is 2. The van der Waals surface area contributed by atoms with Crippen molar-refractivity contribution >= 4 is 0 Å². The molecule has 3 nitrogen and oxygen atoms in total. The van der Waals surface area contributed by atoms with Gasteiger partial charge in [0.1, 0.15) is 0 Å². The number of hydrogen-bond acceptors (Lipinski definition) is 3. The maximum absolute atomic E-state index is 5.96. The minimum Gasteiger partial charge on any atom is -0.382 e. The zero-order valence-corrected chi connectivity index (χ0v) is 10.3. The fourth-order valence-corrected chi connectivity index (χ4v) is 1.46. The Labute approximate surface area is 94.3 Å². The summed E-state index contributed by atoms with van der Waals surface area (Å²) in [6.07, 6.45) is 7.29. The molecule has 0 fully saturated rings. The van der Waals surface area contributed by atoms with Crippen molar-refractivity contribution in [3.05, 3.63) is 0 Å². The smallest absolute Gasteiger partial charge is 0.0700 e. The Morgan fingerprint density at radius 1 is 1.00 bits per heavy atom. The van der Waals surface area contributed by atoms with Gasteiger partial charge in [-0.25, -0.2) is 0 Å². The van der Waals surface area contributed by atoms with Gasteiger partial charge in [-0.1, -0.05) is 32.6 Å². The molecule has 0 amide bonds. The lowest BCUT2D eigenvalue weighted by atomic mass is 10.1. The van der Waals surface area contributed by atoms with Gasteiger partial charge in [0.25, 0.3) is 0 Å². The van der Waals surface area contributed by atoms with Crippen molar-refractivity contribution in [3.8, 4) is 0 Å². The zero-order valence-electron chi connectivity index (χ0n) is 10.3. The summed E-state index contributed by atoms with van der Waals surface area (Å²) in [5.41, 5.74) is 5.96. The Bertz CT molecular complexity index is 120. The van der Waals surface area contributed by atoms with E-state index in [0.717, 1.165) is 19.4 Å². The fraction of sp³-hybridized carbons (Fsp3) is 1.00. The van der Waals surface area contributed by atoms with E-state index in [4.69, 9.17) is 15.2 Å². The molecule has 2 N–H and O–H groups in total. The van der Waals surface area contributed by atoms with Crippen LogP contribution in [0.2, 0.25) is 0 Å². The molecule has 0 aromatic rings. The molecule has 15 heavy (non-hydrogen) atoms. The SMILES string of the molecule is CCCCCCC(N)CCOCCOC. The van der Waals surface area contributed by atoms with Crippen molar-refractivity contribution in [3.63, 3.8) is 0 Å². The van der Waals surface area contributed by atoms with E-state index in [1.54, 1.807) is 7.11 Å². The Morgan fingerprint density at radius 3 is 2.47 bits per heavy atom. The summed E-state index contributed by atoms with van der Waals surface area (Å²) < 4.78 is 10.3. The number of hydrogen-bond donors (Lipinski definition) is 1. The highest BCUT2D eigenvalue weighted by atomic mass is 16.5. The predicted molar refractivity (Wildman–Crippen MR) is 64.0 cm³/mol. The first-order valence-corrected chi connectivity index (χ1v) is 6.13. The summed E-state index contributed by atoms with van der Waals surface area (Å²) in [5.74, 6) is 0. The summed E-state index contributed by atoms with van der Waals surface area (Å²) in [7, 11) is 1.68. The van der Waals surface area contributed by atoms with Crippen molar-refractivity contribution in [2.75, 3.05) is 26.9 Å². The second kappa shape index (κ2) is 12.0. The summed E-state index contributed by atoms with van der Waals surface area (Å²) in [4.78, 5) is 0. The van der Waals surface area contributed by atoms with Crippen LogP contribution in [0.15, 0.2) is 0 Å². The van der Waals surface area contributed by atoms with Crippen LogP contribution in [0.4, 0.5) is 0 Å². The second-order valence-corrected chi connectivity index (χ2v) is 4.00. The summed E-state index contributed by atoms with van der Waals surface area (Å²) >= 11 is 0. The van der Waals surface area contributed by atoms with Gasteiger partial charge in [-0.15, -0.1) is 0 Å². The topological polar surface area (TPSA) is 44.5 Å². The average Bonchev–Trinajstić information content (AvgIpc) is 2.24. The van der Waals surface area contributed by atoms with E-state index in [9.17, 15) is 0 Å². The molecule has 92 valence electrons. The number of nitrogens with two attached hydrogens (primary N) is 1. The van der Waals surface area contributed by atoms with Crippen LogP contribution in [0.25, 0.3) is 0 Å².